The Morgan fingerprint density at radius 3 is 2.63 bits per heavy atom. The van der Waals surface area contributed by atoms with E-state index in [9.17, 15) is 13.6 Å². The van der Waals surface area contributed by atoms with Crippen molar-refractivity contribution in [3.05, 3.63) is 65.5 Å². The summed E-state index contributed by atoms with van der Waals surface area (Å²) in [5.74, 6) is -2.08. The van der Waals surface area contributed by atoms with Gasteiger partial charge in [0.25, 0.3) is 0 Å². The summed E-state index contributed by atoms with van der Waals surface area (Å²) >= 11 is 0. The van der Waals surface area contributed by atoms with Gasteiger partial charge in [-0.1, -0.05) is 6.07 Å². The van der Waals surface area contributed by atoms with Gasteiger partial charge in [0.15, 0.2) is 11.6 Å². The molecule has 3 N–H and O–H groups in total. The average Bonchev–Trinajstić information content (AvgIpc) is 2.65. The molecule has 1 aromatic carbocycles. The van der Waals surface area contributed by atoms with Crippen LogP contribution in [0.5, 0.6) is 0 Å². The Morgan fingerprint density at radius 1 is 1.19 bits per heavy atom. The molecule has 0 aliphatic carbocycles. The minimum Gasteiger partial charge on any atom is -0.335 e. The molecule has 2 aliphatic heterocycles. The number of carbonyl (C=O) groups is 1. The molecule has 1 amide bonds. The lowest BCUT2D eigenvalue weighted by atomic mass is 9.82. The maximum Gasteiger partial charge on any atom is 0.223 e. The number of amides is 1. The first kappa shape index (κ1) is 18.0. The summed E-state index contributed by atoms with van der Waals surface area (Å²) < 4.78 is 26.8. The van der Waals surface area contributed by atoms with E-state index in [2.05, 4.69) is 10.3 Å². The SMILES string of the molecule is NC1CN(C2CNC2Cc2ccncc2)C(=O)CC1c1ccc(F)c(F)c1. The zero-order valence-electron chi connectivity index (χ0n) is 14.8. The maximum absolute atomic E-state index is 13.6. The second-order valence-corrected chi connectivity index (χ2v) is 7.34. The molecule has 2 fully saturated rings. The quantitative estimate of drug-likeness (QED) is 0.855. The Morgan fingerprint density at radius 2 is 1.96 bits per heavy atom. The van der Waals surface area contributed by atoms with E-state index in [0.29, 0.717) is 12.1 Å². The van der Waals surface area contributed by atoms with E-state index in [0.717, 1.165) is 25.1 Å². The number of likely N-dealkylation sites (tertiary alicyclic amines) is 1. The van der Waals surface area contributed by atoms with E-state index in [1.807, 2.05) is 17.0 Å². The third kappa shape index (κ3) is 3.57. The van der Waals surface area contributed by atoms with Gasteiger partial charge in [0.1, 0.15) is 0 Å². The van der Waals surface area contributed by atoms with Crippen molar-refractivity contribution >= 4 is 5.91 Å². The van der Waals surface area contributed by atoms with Crippen LogP contribution in [0.1, 0.15) is 23.5 Å². The van der Waals surface area contributed by atoms with E-state index in [1.54, 1.807) is 12.4 Å². The molecule has 2 saturated heterocycles. The summed E-state index contributed by atoms with van der Waals surface area (Å²) in [6.45, 7) is 1.16. The first-order valence-corrected chi connectivity index (χ1v) is 9.15. The fourth-order valence-electron chi connectivity index (χ4n) is 4.04. The Kier molecular flexibility index (Phi) is 4.88. The van der Waals surface area contributed by atoms with Crippen molar-refractivity contribution in [3.63, 3.8) is 0 Å². The van der Waals surface area contributed by atoms with Crippen LogP contribution >= 0.6 is 0 Å². The molecule has 2 aliphatic rings. The summed E-state index contributed by atoms with van der Waals surface area (Å²) in [6, 6.07) is 7.68. The summed E-state index contributed by atoms with van der Waals surface area (Å²) in [4.78, 5) is 18.6. The lowest BCUT2D eigenvalue weighted by molar-refractivity contribution is -0.139. The van der Waals surface area contributed by atoms with Crippen LogP contribution in [0.2, 0.25) is 0 Å². The Labute approximate surface area is 156 Å². The summed E-state index contributed by atoms with van der Waals surface area (Å²) in [5.41, 5.74) is 8.07. The number of nitrogens with two attached hydrogens (primary N) is 1. The summed E-state index contributed by atoms with van der Waals surface area (Å²) in [7, 11) is 0. The number of hydrogen-bond acceptors (Lipinski definition) is 4. The van der Waals surface area contributed by atoms with E-state index >= 15 is 0 Å². The number of nitrogens with one attached hydrogen (secondary N) is 1. The molecular formula is C20H22F2N4O. The number of piperidine rings is 1. The van der Waals surface area contributed by atoms with E-state index < -0.39 is 11.6 Å². The molecule has 5 nitrogen and oxygen atoms in total. The maximum atomic E-state index is 13.6. The molecule has 4 unspecified atom stereocenters. The normalized spacial score (nSPS) is 28.1. The first-order chi connectivity index (χ1) is 13.0. The van der Waals surface area contributed by atoms with Crippen molar-refractivity contribution < 1.29 is 13.6 Å². The third-order valence-electron chi connectivity index (χ3n) is 5.67. The highest BCUT2D eigenvalue weighted by Gasteiger charge is 2.42. The number of carbonyl (C=O) groups excluding carboxylic acids is 1. The van der Waals surface area contributed by atoms with Gasteiger partial charge < -0.3 is 16.0 Å². The molecule has 0 radical (unpaired) electrons. The summed E-state index contributed by atoms with van der Waals surface area (Å²) in [5, 5.41) is 3.39. The lowest BCUT2D eigenvalue weighted by Crippen LogP contribution is -2.69. The van der Waals surface area contributed by atoms with Gasteiger partial charge >= 0.3 is 0 Å². The standard InChI is InChI=1S/C20H22F2N4O/c21-15-2-1-13(8-16(15)22)14-9-20(27)26(11-17(14)23)19-10-25-18(19)7-12-3-5-24-6-4-12/h1-6,8,14,17-19,25H,7,9-11,23H2. The number of pyridine rings is 1. The smallest absolute Gasteiger partial charge is 0.223 e. The van der Waals surface area contributed by atoms with Crippen LogP contribution in [-0.2, 0) is 11.2 Å². The van der Waals surface area contributed by atoms with Gasteiger partial charge in [-0.3, -0.25) is 9.78 Å². The van der Waals surface area contributed by atoms with Crippen molar-refractivity contribution in [2.24, 2.45) is 5.73 Å². The third-order valence-corrected chi connectivity index (χ3v) is 5.67. The largest absolute Gasteiger partial charge is 0.335 e. The van der Waals surface area contributed by atoms with Crippen molar-refractivity contribution in [3.8, 4) is 0 Å². The van der Waals surface area contributed by atoms with Crippen LogP contribution < -0.4 is 11.1 Å². The molecular weight excluding hydrogens is 350 g/mol. The molecule has 27 heavy (non-hydrogen) atoms. The first-order valence-electron chi connectivity index (χ1n) is 9.15. The molecule has 2 aromatic rings. The number of rotatable bonds is 4. The van der Waals surface area contributed by atoms with Gasteiger partial charge in [-0.2, -0.15) is 0 Å². The van der Waals surface area contributed by atoms with Gasteiger partial charge in [0.2, 0.25) is 5.91 Å². The Hall–Kier alpha value is -2.38. The molecule has 4 atom stereocenters. The minimum atomic E-state index is -0.907. The molecule has 3 heterocycles. The Bertz CT molecular complexity index is 832. The van der Waals surface area contributed by atoms with Crippen LogP contribution in [-0.4, -0.2) is 47.0 Å². The second-order valence-electron chi connectivity index (χ2n) is 7.34. The van der Waals surface area contributed by atoms with Crippen molar-refractivity contribution in [1.82, 2.24) is 15.2 Å². The number of benzene rings is 1. The van der Waals surface area contributed by atoms with Crippen molar-refractivity contribution in [1.29, 1.82) is 0 Å². The van der Waals surface area contributed by atoms with Crippen molar-refractivity contribution in [2.45, 2.75) is 36.9 Å². The van der Waals surface area contributed by atoms with Crippen LogP contribution in [0, 0.1) is 11.6 Å². The van der Waals surface area contributed by atoms with E-state index in [4.69, 9.17) is 5.73 Å². The minimum absolute atomic E-state index is 0.0117. The molecule has 142 valence electrons. The number of nitrogens with zero attached hydrogens (tertiary/aromatic N) is 2. The zero-order valence-corrected chi connectivity index (χ0v) is 14.8. The van der Waals surface area contributed by atoms with E-state index in [1.165, 1.54) is 11.6 Å². The van der Waals surface area contributed by atoms with Crippen LogP contribution in [0.4, 0.5) is 8.78 Å². The highest BCUT2D eigenvalue weighted by Crippen LogP contribution is 2.31. The van der Waals surface area contributed by atoms with Gasteiger partial charge in [-0.25, -0.2) is 8.78 Å². The number of aromatic nitrogens is 1. The highest BCUT2D eigenvalue weighted by atomic mass is 19.2. The average molecular weight is 372 g/mol. The molecule has 4 rings (SSSR count). The van der Waals surface area contributed by atoms with E-state index in [-0.39, 0.29) is 36.4 Å². The monoisotopic (exact) mass is 372 g/mol. The van der Waals surface area contributed by atoms with Gasteiger partial charge in [0, 0.05) is 49.9 Å². The molecule has 0 bridgehead atoms. The van der Waals surface area contributed by atoms with Crippen molar-refractivity contribution in [2.75, 3.05) is 13.1 Å². The topological polar surface area (TPSA) is 71.2 Å². The fraction of sp³-hybridized carbons (Fsp3) is 0.400. The van der Waals surface area contributed by atoms with Crippen LogP contribution in [0.25, 0.3) is 0 Å². The van der Waals surface area contributed by atoms with Crippen LogP contribution in [0.15, 0.2) is 42.7 Å². The second kappa shape index (κ2) is 7.32. The lowest BCUT2D eigenvalue weighted by Gasteiger charge is -2.49. The highest BCUT2D eigenvalue weighted by molar-refractivity contribution is 5.79. The molecule has 0 saturated carbocycles. The van der Waals surface area contributed by atoms with Gasteiger partial charge in [-0.05, 0) is 41.8 Å². The molecule has 1 aromatic heterocycles. The number of hydrogen-bond donors (Lipinski definition) is 2. The summed E-state index contributed by atoms with van der Waals surface area (Å²) in [6.07, 6.45) is 4.55. The molecule has 7 heteroatoms. The predicted octanol–water partition coefficient (Wildman–Crippen LogP) is 1.59. The molecule has 0 spiro atoms. The Balaban J connectivity index is 1.44. The zero-order chi connectivity index (χ0) is 19.0. The van der Waals surface area contributed by atoms with Crippen LogP contribution in [0.3, 0.4) is 0 Å². The van der Waals surface area contributed by atoms with Gasteiger partial charge in [0.05, 0.1) is 6.04 Å². The fourth-order valence-corrected chi connectivity index (χ4v) is 4.04. The van der Waals surface area contributed by atoms with Gasteiger partial charge in [-0.15, -0.1) is 0 Å². The number of halogens is 2. The predicted molar refractivity (Wildman–Crippen MR) is 96.9 cm³/mol.